The second-order valence-electron chi connectivity index (χ2n) is 6.25. The van der Waals surface area contributed by atoms with Crippen molar-refractivity contribution >= 4 is 17.6 Å². The summed E-state index contributed by atoms with van der Waals surface area (Å²) in [6.45, 7) is 2.13. The van der Waals surface area contributed by atoms with Crippen LogP contribution >= 0.6 is 0 Å². The van der Waals surface area contributed by atoms with Gasteiger partial charge in [-0.1, -0.05) is 18.2 Å². The van der Waals surface area contributed by atoms with Gasteiger partial charge in [-0.3, -0.25) is 9.59 Å². The van der Waals surface area contributed by atoms with Crippen LogP contribution in [0.2, 0.25) is 0 Å². The lowest BCUT2D eigenvalue weighted by Crippen LogP contribution is -2.29. The van der Waals surface area contributed by atoms with Crippen LogP contribution in [0.5, 0.6) is 0 Å². The zero-order valence-corrected chi connectivity index (χ0v) is 14.0. The Morgan fingerprint density at radius 3 is 2.68 bits per heavy atom. The van der Waals surface area contributed by atoms with Crippen molar-refractivity contribution in [2.24, 2.45) is 5.92 Å². The maximum Gasteiger partial charge on any atom is 0.227 e. The lowest BCUT2D eigenvalue weighted by Gasteiger charge is -2.07. The first-order chi connectivity index (χ1) is 12.0. The third-order valence-electron chi connectivity index (χ3n) is 4.23. The van der Waals surface area contributed by atoms with Crippen molar-refractivity contribution in [2.45, 2.75) is 25.7 Å². The molecule has 1 aromatic carbocycles. The highest BCUT2D eigenvalue weighted by atomic mass is 19.1. The Hall–Kier alpha value is -2.76. The average molecular weight is 341 g/mol. The van der Waals surface area contributed by atoms with E-state index in [2.05, 4.69) is 15.6 Å². The molecule has 1 aromatic heterocycles. The molecule has 2 amide bonds. The fourth-order valence-electron chi connectivity index (χ4n) is 2.81. The minimum Gasteiger partial charge on any atom is -0.355 e. The fraction of sp³-hybridized carbons (Fsp3) is 0.316. The van der Waals surface area contributed by atoms with Gasteiger partial charge in [-0.25, -0.2) is 9.37 Å². The van der Waals surface area contributed by atoms with E-state index in [0.29, 0.717) is 5.82 Å². The van der Waals surface area contributed by atoms with Crippen molar-refractivity contribution in [1.29, 1.82) is 0 Å². The van der Waals surface area contributed by atoms with Gasteiger partial charge < -0.3 is 10.6 Å². The van der Waals surface area contributed by atoms with Gasteiger partial charge in [-0.15, -0.1) is 0 Å². The van der Waals surface area contributed by atoms with Crippen molar-refractivity contribution < 1.29 is 14.0 Å². The monoisotopic (exact) mass is 341 g/mol. The van der Waals surface area contributed by atoms with Crippen LogP contribution in [-0.4, -0.2) is 23.3 Å². The van der Waals surface area contributed by atoms with Crippen molar-refractivity contribution in [3.05, 3.63) is 59.5 Å². The lowest BCUT2D eigenvalue weighted by atomic mass is 10.1. The highest BCUT2D eigenvalue weighted by molar-refractivity contribution is 5.90. The van der Waals surface area contributed by atoms with Gasteiger partial charge in [0.2, 0.25) is 11.8 Å². The van der Waals surface area contributed by atoms with E-state index in [0.717, 1.165) is 17.7 Å². The number of pyridine rings is 1. The number of nitrogens with zero attached hydrogens (tertiary/aromatic N) is 1. The molecule has 6 heteroatoms. The Morgan fingerprint density at radius 1 is 1.20 bits per heavy atom. The van der Waals surface area contributed by atoms with E-state index < -0.39 is 0 Å². The summed E-state index contributed by atoms with van der Waals surface area (Å²) in [6.07, 6.45) is 0.951. The van der Waals surface area contributed by atoms with E-state index in [9.17, 15) is 14.0 Å². The first kappa shape index (κ1) is 17.1. The quantitative estimate of drug-likeness (QED) is 0.849. The molecule has 1 fully saturated rings. The number of halogens is 1. The number of carbonyl (C=O) groups excluding carboxylic acids is 2. The third kappa shape index (κ3) is 4.62. The molecule has 3 rings (SSSR count). The number of benzene rings is 1. The molecule has 0 saturated heterocycles. The Balaban J connectivity index is 1.40. The van der Waals surface area contributed by atoms with Gasteiger partial charge in [-0.2, -0.15) is 0 Å². The molecule has 0 aliphatic heterocycles. The van der Waals surface area contributed by atoms with E-state index in [-0.39, 0.29) is 42.4 Å². The second kappa shape index (κ2) is 7.42. The number of hydrogen-bond acceptors (Lipinski definition) is 3. The van der Waals surface area contributed by atoms with Crippen molar-refractivity contribution in [2.75, 3.05) is 11.9 Å². The molecule has 1 saturated carbocycles. The van der Waals surface area contributed by atoms with E-state index in [1.165, 1.54) is 12.1 Å². The summed E-state index contributed by atoms with van der Waals surface area (Å²) in [6, 6.07) is 11.6. The Bertz CT molecular complexity index is 776. The maximum atomic E-state index is 12.9. The highest BCUT2D eigenvalue weighted by Gasteiger charge is 2.43. The van der Waals surface area contributed by atoms with E-state index in [1.807, 2.05) is 19.1 Å². The van der Waals surface area contributed by atoms with Gasteiger partial charge in [0.25, 0.3) is 0 Å². The molecule has 1 heterocycles. The lowest BCUT2D eigenvalue weighted by molar-refractivity contribution is -0.122. The topological polar surface area (TPSA) is 71.1 Å². The molecule has 2 atom stereocenters. The molecule has 25 heavy (non-hydrogen) atoms. The van der Waals surface area contributed by atoms with Gasteiger partial charge in [0.1, 0.15) is 11.6 Å². The van der Waals surface area contributed by atoms with E-state index >= 15 is 0 Å². The molecule has 0 unspecified atom stereocenters. The molecule has 2 aromatic rings. The van der Waals surface area contributed by atoms with Gasteiger partial charge in [0, 0.05) is 24.6 Å². The average Bonchev–Trinajstić information content (AvgIpc) is 3.36. The van der Waals surface area contributed by atoms with Crippen LogP contribution in [0.25, 0.3) is 0 Å². The molecule has 2 N–H and O–H groups in total. The number of hydrogen-bond donors (Lipinski definition) is 2. The summed E-state index contributed by atoms with van der Waals surface area (Å²) in [4.78, 5) is 28.2. The van der Waals surface area contributed by atoms with Crippen LogP contribution < -0.4 is 10.6 Å². The molecule has 130 valence electrons. The SMILES string of the molecule is Cc1cccc(NC(=O)CCNC(=O)[C@H]2C[C@H]2c2ccc(F)cc2)n1. The van der Waals surface area contributed by atoms with Crippen molar-refractivity contribution in [1.82, 2.24) is 10.3 Å². The summed E-state index contributed by atoms with van der Waals surface area (Å²) in [7, 11) is 0. The highest BCUT2D eigenvalue weighted by Crippen LogP contribution is 2.47. The summed E-state index contributed by atoms with van der Waals surface area (Å²) in [5.74, 6) is 0.0346. The van der Waals surface area contributed by atoms with E-state index in [1.54, 1.807) is 18.2 Å². The third-order valence-corrected chi connectivity index (χ3v) is 4.23. The van der Waals surface area contributed by atoms with Gasteiger partial charge in [0.15, 0.2) is 0 Å². The molecular formula is C19H20FN3O2. The summed E-state index contributed by atoms with van der Waals surface area (Å²) >= 11 is 0. The van der Waals surface area contributed by atoms with Crippen LogP contribution in [0, 0.1) is 18.7 Å². The number of amides is 2. The number of rotatable bonds is 6. The van der Waals surface area contributed by atoms with Crippen molar-refractivity contribution in [3.63, 3.8) is 0 Å². The van der Waals surface area contributed by atoms with E-state index in [4.69, 9.17) is 0 Å². The van der Waals surface area contributed by atoms with Gasteiger partial charge in [0.05, 0.1) is 0 Å². The first-order valence-corrected chi connectivity index (χ1v) is 8.29. The number of carbonyl (C=O) groups is 2. The van der Waals surface area contributed by atoms with Gasteiger partial charge in [-0.05, 0) is 49.1 Å². The minimum atomic E-state index is -0.278. The number of aromatic nitrogens is 1. The Labute approximate surface area is 145 Å². The normalized spacial score (nSPS) is 18.5. The second-order valence-corrected chi connectivity index (χ2v) is 6.25. The van der Waals surface area contributed by atoms with Crippen LogP contribution in [0.1, 0.15) is 30.0 Å². The predicted octanol–water partition coefficient (Wildman–Crippen LogP) is 2.78. The summed E-state index contributed by atoms with van der Waals surface area (Å²) < 4.78 is 12.9. The molecule has 0 bridgehead atoms. The molecule has 0 radical (unpaired) electrons. The molecule has 0 spiro atoms. The molecule has 5 nitrogen and oxygen atoms in total. The Morgan fingerprint density at radius 2 is 1.96 bits per heavy atom. The van der Waals surface area contributed by atoms with Crippen LogP contribution in [0.4, 0.5) is 10.2 Å². The Kier molecular flexibility index (Phi) is 5.07. The minimum absolute atomic E-state index is 0.0594. The molecular weight excluding hydrogens is 321 g/mol. The maximum absolute atomic E-state index is 12.9. The van der Waals surface area contributed by atoms with Crippen molar-refractivity contribution in [3.8, 4) is 0 Å². The number of aryl methyl sites for hydroxylation is 1. The summed E-state index contributed by atoms with van der Waals surface area (Å²) in [5, 5.41) is 5.49. The standard InChI is InChI=1S/C19H20FN3O2/c1-12-3-2-4-17(22-12)23-18(24)9-10-21-19(25)16-11-15(16)13-5-7-14(20)8-6-13/h2-8,15-16H,9-11H2,1H3,(H,21,25)(H,22,23,24)/t15-,16-/m0/s1. The smallest absolute Gasteiger partial charge is 0.227 e. The molecule has 1 aliphatic carbocycles. The largest absolute Gasteiger partial charge is 0.355 e. The van der Waals surface area contributed by atoms with Crippen LogP contribution in [0.3, 0.4) is 0 Å². The predicted molar refractivity (Wildman–Crippen MR) is 92.5 cm³/mol. The van der Waals surface area contributed by atoms with Gasteiger partial charge >= 0.3 is 0 Å². The number of anilines is 1. The van der Waals surface area contributed by atoms with Crippen LogP contribution in [-0.2, 0) is 9.59 Å². The summed E-state index contributed by atoms with van der Waals surface area (Å²) in [5.41, 5.74) is 1.80. The zero-order chi connectivity index (χ0) is 17.8. The number of nitrogens with one attached hydrogen (secondary N) is 2. The zero-order valence-electron chi connectivity index (χ0n) is 14.0. The molecule has 1 aliphatic rings. The van der Waals surface area contributed by atoms with Crippen LogP contribution in [0.15, 0.2) is 42.5 Å². The fourth-order valence-corrected chi connectivity index (χ4v) is 2.81. The first-order valence-electron chi connectivity index (χ1n) is 8.29.